The van der Waals surface area contributed by atoms with Gasteiger partial charge in [0.05, 0.1) is 0 Å². The second-order valence-corrected chi connectivity index (χ2v) is 6.10. The van der Waals surface area contributed by atoms with E-state index in [9.17, 15) is 0 Å². The highest BCUT2D eigenvalue weighted by molar-refractivity contribution is 6.29. The van der Waals surface area contributed by atoms with Crippen LogP contribution in [0.15, 0.2) is 18.3 Å². The van der Waals surface area contributed by atoms with E-state index in [0.29, 0.717) is 11.2 Å². The lowest BCUT2D eigenvalue weighted by Gasteiger charge is -2.42. The third kappa shape index (κ3) is 3.16. The molecule has 1 saturated heterocycles. The number of hydrogen-bond acceptors (Lipinski definition) is 3. The van der Waals surface area contributed by atoms with Crippen molar-refractivity contribution >= 4 is 11.6 Å². The maximum atomic E-state index is 5.89. The van der Waals surface area contributed by atoms with Gasteiger partial charge in [-0.2, -0.15) is 0 Å². The summed E-state index contributed by atoms with van der Waals surface area (Å²) in [6, 6.07) is 4.35. The van der Waals surface area contributed by atoms with E-state index in [0.717, 1.165) is 19.6 Å². The molecular weight excluding hydrogens is 272 g/mol. The third-order valence-corrected chi connectivity index (χ3v) is 5.00. The summed E-state index contributed by atoms with van der Waals surface area (Å²) in [5, 5.41) is 0.559. The van der Waals surface area contributed by atoms with Crippen molar-refractivity contribution < 1.29 is 4.74 Å². The first-order valence-electron chi connectivity index (χ1n) is 7.50. The molecule has 4 heteroatoms. The summed E-state index contributed by atoms with van der Waals surface area (Å²) < 4.78 is 5.32. The molecule has 0 aromatic carbocycles. The van der Waals surface area contributed by atoms with E-state index in [1.54, 1.807) is 7.11 Å². The fourth-order valence-electron chi connectivity index (χ4n) is 3.50. The van der Waals surface area contributed by atoms with E-state index in [4.69, 9.17) is 16.3 Å². The zero-order valence-electron chi connectivity index (χ0n) is 12.7. The van der Waals surface area contributed by atoms with Crippen LogP contribution in [0.25, 0.3) is 0 Å². The van der Waals surface area contributed by atoms with Crippen LogP contribution in [0.1, 0.15) is 51.1 Å². The van der Waals surface area contributed by atoms with Crippen molar-refractivity contribution in [2.45, 2.75) is 51.1 Å². The number of likely N-dealkylation sites (tertiary alicyclic amines) is 1. The molecule has 0 N–H and O–H groups in total. The van der Waals surface area contributed by atoms with Crippen LogP contribution in [-0.2, 0) is 4.74 Å². The van der Waals surface area contributed by atoms with Gasteiger partial charge in [-0.05, 0) is 50.8 Å². The lowest BCUT2D eigenvalue weighted by atomic mass is 9.87. The van der Waals surface area contributed by atoms with Crippen molar-refractivity contribution in [1.29, 1.82) is 0 Å². The summed E-state index contributed by atoms with van der Waals surface area (Å²) in [6.45, 7) is 6.55. The predicted octanol–water partition coefficient (Wildman–Crippen LogP) is 4.08. The summed E-state index contributed by atoms with van der Waals surface area (Å²) in [5.74, 6) is 0. The predicted molar refractivity (Wildman–Crippen MR) is 83.1 cm³/mol. The van der Waals surface area contributed by atoms with Gasteiger partial charge >= 0.3 is 0 Å². The highest BCUT2D eigenvalue weighted by Gasteiger charge is 2.41. The van der Waals surface area contributed by atoms with Gasteiger partial charge in [-0.15, -0.1) is 0 Å². The molecule has 3 nitrogen and oxygen atoms in total. The van der Waals surface area contributed by atoms with Crippen LogP contribution < -0.4 is 0 Å². The fraction of sp³-hybridized carbons (Fsp3) is 0.688. The van der Waals surface area contributed by atoms with Gasteiger partial charge < -0.3 is 4.74 Å². The lowest BCUT2D eigenvalue weighted by molar-refractivity contribution is 0.0524. The Labute approximate surface area is 127 Å². The maximum Gasteiger partial charge on any atom is 0.129 e. The summed E-state index contributed by atoms with van der Waals surface area (Å²) in [5.41, 5.74) is 1.52. The second-order valence-electron chi connectivity index (χ2n) is 5.71. The van der Waals surface area contributed by atoms with Gasteiger partial charge in [0.25, 0.3) is 0 Å². The van der Waals surface area contributed by atoms with Gasteiger partial charge in [0.15, 0.2) is 0 Å². The van der Waals surface area contributed by atoms with Crippen LogP contribution in [0, 0.1) is 0 Å². The standard InChI is InChI=1S/C16H25ClN2O/c1-4-16(9-11-20-3)8-5-10-19(16)13(2)14-6-7-15(17)18-12-14/h6-7,12-13H,4-5,8-11H2,1-3H3. The molecule has 112 valence electrons. The second kappa shape index (κ2) is 6.88. The number of pyridine rings is 1. The molecule has 0 saturated carbocycles. The molecular formula is C16H25ClN2O. The Morgan fingerprint density at radius 1 is 1.50 bits per heavy atom. The topological polar surface area (TPSA) is 25.4 Å². The summed E-state index contributed by atoms with van der Waals surface area (Å²) in [6.07, 6.45) is 6.70. The van der Waals surface area contributed by atoms with Gasteiger partial charge in [-0.25, -0.2) is 4.98 Å². The van der Waals surface area contributed by atoms with Crippen molar-refractivity contribution in [3.05, 3.63) is 29.0 Å². The third-order valence-electron chi connectivity index (χ3n) is 4.78. The average Bonchev–Trinajstić information content (AvgIpc) is 2.89. The molecule has 0 radical (unpaired) electrons. The first kappa shape index (κ1) is 15.7. The molecule has 0 aliphatic carbocycles. The molecule has 20 heavy (non-hydrogen) atoms. The molecule has 0 bridgehead atoms. The highest BCUT2D eigenvalue weighted by atomic mass is 35.5. The number of aromatic nitrogens is 1. The molecule has 1 aromatic rings. The first-order chi connectivity index (χ1) is 9.63. The van der Waals surface area contributed by atoms with E-state index in [1.165, 1.54) is 24.8 Å². The Balaban J connectivity index is 2.18. The smallest absolute Gasteiger partial charge is 0.129 e. The molecule has 1 aromatic heterocycles. The molecule has 0 spiro atoms. The van der Waals surface area contributed by atoms with E-state index in [-0.39, 0.29) is 5.54 Å². The number of rotatable bonds is 6. The van der Waals surface area contributed by atoms with Crippen molar-refractivity contribution in [2.75, 3.05) is 20.3 Å². The summed E-state index contributed by atoms with van der Waals surface area (Å²) in [7, 11) is 1.79. The normalized spacial score (nSPS) is 25.0. The van der Waals surface area contributed by atoms with Gasteiger partial charge in [0.2, 0.25) is 0 Å². The molecule has 1 aliphatic heterocycles. The summed E-state index contributed by atoms with van der Waals surface area (Å²) >= 11 is 5.89. The Morgan fingerprint density at radius 3 is 2.90 bits per heavy atom. The molecule has 0 amide bonds. The van der Waals surface area contributed by atoms with E-state index in [1.807, 2.05) is 12.3 Å². The first-order valence-corrected chi connectivity index (χ1v) is 7.88. The molecule has 2 rings (SSSR count). The SMILES string of the molecule is CCC1(CCOC)CCCN1C(C)c1ccc(Cl)nc1. The van der Waals surface area contributed by atoms with E-state index in [2.05, 4.69) is 29.8 Å². The Kier molecular flexibility index (Phi) is 5.42. The Bertz CT molecular complexity index is 423. The fourth-order valence-corrected chi connectivity index (χ4v) is 3.61. The monoisotopic (exact) mass is 296 g/mol. The van der Waals surface area contributed by atoms with Crippen molar-refractivity contribution in [3.8, 4) is 0 Å². The van der Waals surface area contributed by atoms with Gasteiger partial charge in [-0.3, -0.25) is 4.90 Å². The zero-order chi connectivity index (χ0) is 14.6. The molecule has 2 heterocycles. The number of nitrogens with zero attached hydrogens (tertiary/aromatic N) is 2. The van der Waals surface area contributed by atoms with Crippen LogP contribution in [0.4, 0.5) is 0 Å². The number of methoxy groups -OCH3 is 1. The average molecular weight is 297 g/mol. The van der Waals surface area contributed by atoms with Crippen LogP contribution in [0.2, 0.25) is 5.15 Å². The van der Waals surface area contributed by atoms with Crippen molar-refractivity contribution in [1.82, 2.24) is 9.88 Å². The number of hydrogen-bond donors (Lipinski definition) is 0. The molecule has 1 fully saturated rings. The van der Waals surface area contributed by atoms with Crippen LogP contribution in [0.3, 0.4) is 0 Å². The minimum atomic E-state index is 0.273. The largest absolute Gasteiger partial charge is 0.385 e. The Morgan fingerprint density at radius 2 is 2.30 bits per heavy atom. The van der Waals surface area contributed by atoms with Gasteiger partial charge in [0, 0.05) is 31.5 Å². The number of ether oxygens (including phenoxy) is 1. The van der Waals surface area contributed by atoms with Crippen LogP contribution >= 0.6 is 11.6 Å². The molecule has 2 atom stereocenters. The summed E-state index contributed by atoms with van der Waals surface area (Å²) in [4.78, 5) is 6.86. The van der Waals surface area contributed by atoms with Gasteiger partial charge in [0.1, 0.15) is 5.15 Å². The minimum absolute atomic E-state index is 0.273. The quantitative estimate of drug-likeness (QED) is 0.740. The van der Waals surface area contributed by atoms with Crippen molar-refractivity contribution in [3.63, 3.8) is 0 Å². The van der Waals surface area contributed by atoms with Gasteiger partial charge in [-0.1, -0.05) is 24.6 Å². The van der Waals surface area contributed by atoms with E-state index < -0.39 is 0 Å². The molecule has 1 aliphatic rings. The maximum absolute atomic E-state index is 5.89. The van der Waals surface area contributed by atoms with Crippen LogP contribution in [0.5, 0.6) is 0 Å². The minimum Gasteiger partial charge on any atom is -0.385 e. The molecule has 2 unspecified atom stereocenters. The zero-order valence-corrected chi connectivity index (χ0v) is 13.5. The Hall–Kier alpha value is -0.640. The lowest BCUT2D eigenvalue weighted by Crippen LogP contribution is -2.45. The van der Waals surface area contributed by atoms with Crippen LogP contribution in [-0.4, -0.2) is 35.7 Å². The highest BCUT2D eigenvalue weighted by Crippen LogP contribution is 2.41. The number of halogens is 1. The van der Waals surface area contributed by atoms with Crippen molar-refractivity contribution in [2.24, 2.45) is 0 Å². The van der Waals surface area contributed by atoms with E-state index >= 15 is 0 Å².